The third kappa shape index (κ3) is 2.53. The fourth-order valence-corrected chi connectivity index (χ4v) is 2.37. The van der Waals surface area contributed by atoms with E-state index in [9.17, 15) is 4.79 Å². The Balaban J connectivity index is 1.75. The summed E-state index contributed by atoms with van der Waals surface area (Å²) in [6.07, 6.45) is 1.79. The topological polar surface area (TPSA) is 67.6 Å². The van der Waals surface area contributed by atoms with Gasteiger partial charge in [-0.05, 0) is 32.4 Å². The molecule has 0 aromatic rings. The van der Waals surface area contributed by atoms with Gasteiger partial charge in [0.2, 0.25) is 5.91 Å². The molecule has 3 N–H and O–H groups in total. The first-order valence-electron chi connectivity index (χ1n) is 5.94. The molecule has 0 radical (unpaired) electrons. The SMILES string of the molecule is CN1CCC(CNC(=O)C2(N)CCOC2)C1. The number of likely N-dealkylation sites (tertiary alicyclic amines) is 1. The molecule has 2 unspecified atom stereocenters. The lowest BCUT2D eigenvalue weighted by atomic mass is 9.99. The molecular formula is C11H21N3O2. The van der Waals surface area contributed by atoms with Gasteiger partial charge in [0.25, 0.3) is 0 Å². The van der Waals surface area contributed by atoms with Crippen molar-refractivity contribution in [3.8, 4) is 0 Å². The van der Waals surface area contributed by atoms with Crippen LogP contribution >= 0.6 is 0 Å². The molecule has 16 heavy (non-hydrogen) atoms. The van der Waals surface area contributed by atoms with Gasteiger partial charge < -0.3 is 20.7 Å². The van der Waals surface area contributed by atoms with Crippen LogP contribution in [0.2, 0.25) is 0 Å². The van der Waals surface area contributed by atoms with Crippen molar-refractivity contribution >= 4 is 5.91 Å². The van der Waals surface area contributed by atoms with Gasteiger partial charge in [0.15, 0.2) is 0 Å². The standard InChI is InChI=1S/C11H21N3O2/c1-14-4-2-9(7-14)6-13-10(15)11(12)3-5-16-8-11/h9H,2-8,12H2,1H3,(H,13,15). The molecule has 2 fully saturated rings. The van der Waals surface area contributed by atoms with E-state index in [0.29, 0.717) is 25.6 Å². The molecular weight excluding hydrogens is 206 g/mol. The second-order valence-electron chi connectivity index (χ2n) is 5.09. The van der Waals surface area contributed by atoms with Crippen molar-refractivity contribution in [1.82, 2.24) is 10.2 Å². The highest BCUT2D eigenvalue weighted by atomic mass is 16.5. The van der Waals surface area contributed by atoms with E-state index in [2.05, 4.69) is 17.3 Å². The second-order valence-corrected chi connectivity index (χ2v) is 5.09. The molecule has 0 aromatic carbocycles. The van der Waals surface area contributed by atoms with Gasteiger partial charge in [-0.15, -0.1) is 0 Å². The summed E-state index contributed by atoms with van der Waals surface area (Å²) in [5, 5.41) is 2.96. The van der Waals surface area contributed by atoms with Gasteiger partial charge in [-0.25, -0.2) is 0 Å². The lowest BCUT2D eigenvalue weighted by Crippen LogP contribution is -2.55. The fourth-order valence-electron chi connectivity index (χ4n) is 2.37. The van der Waals surface area contributed by atoms with Crippen LogP contribution in [0.5, 0.6) is 0 Å². The molecule has 2 rings (SSSR count). The quantitative estimate of drug-likeness (QED) is 0.660. The first kappa shape index (κ1) is 11.8. The minimum absolute atomic E-state index is 0.0560. The molecule has 0 aliphatic carbocycles. The van der Waals surface area contributed by atoms with Crippen LogP contribution in [-0.4, -0.2) is 56.2 Å². The van der Waals surface area contributed by atoms with Crippen molar-refractivity contribution in [3.05, 3.63) is 0 Å². The first-order chi connectivity index (χ1) is 7.60. The number of nitrogens with one attached hydrogen (secondary N) is 1. The smallest absolute Gasteiger partial charge is 0.242 e. The van der Waals surface area contributed by atoms with E-state index < -0.39 is 5.54 Å². The Morgan fingerprint density at radius 2 is 2.50 bits per heavy atom. The minimum Gasteiger partial charge on any atom is -0.379 e. The zero-order valence-electron chi connectivity index (χ0n) is 9.87. The predicted octanol–water partition coefficient (Wildman–Crippen LogP) is -0.828. The monoisotopic (exact) mass is 227 g/mol. The number of rotatable bonds is 3. The van der Waals surface area contributed by atoms with Crippen molar-refractivity contribution in [3.63, 3.8) is 0 Å². The van der Waals surface area contributed by atoms with Crippen molar-refractivity contribution in [2.24, 2.45) is 11.7 Å². The van der Waals surface area contributed by atoms with Crippen LogP contribution in [0.25, 0.3) is 0 Å². The molecule has 2 heterocycles. The average molecular weight is 227 g/mol. The summed E-state index contributed by atoms with van der Waals surface area (Å²) in [5.41, 5.74) is 5.18. The van der Waals surface area contributed by atoms with E-state index in [-0.39, 0.29) is 5.91 Å². The Labute approximate surface area is 96.3 Å². The highest BCUT2D eigenvalue weighted by Gasteiger charge is 2.38. The van der Waals surface area contributed by atoms with Gasteiger partial charge in [-0.2, -0.15) is 0 Å². The summed E-state index contributed by atoms with van der Waals surface area (Å²) in [6.45, 7) is 3.87. The summed E-state index contributed by atoms with van der Waals surface area (Å²) < 4.78 is 5.18. The van der Waals surface area contributed by atoms with Crippen molar-refractivity contribution in [2.75, 3.05) is 39.9 Å². The number of carbonyl (C=O) groups is 1. The Hall–Kier alpha value is -0.650. The third-order valence-corrected chi connectivity index (χ3v) is 3.54. The van der Waals surface area contributed by atoms with Crippen LogP contribution in [0.3, 0.4) is 0 Å². The lowest BCUT2D eigenvalue weighted by Gasteiger charge is -2.22. The largest absolute Gasteiger partial charge is 0.379 e. The normalized spacial score (nSPS) is 35.5. The molecule has 0 aromatic heterocycles. The van der Waals surface area contributed by atoms with Crippen molar-refractivity contribution in [1.29, 1.82) is 0 Å². The molecule has 1 amide bonds. The Morgan fingerprint density at radius 3 is 3.06 bits per heavy atom. The van der Waals surface area contributed by atoms with E-state index in [1.807, 2.05) is 0 Å². The van der Waals surface area contributed by atoms with E-state index in [1.165, 1.54) is 0 Å². The third-order valence-electron chi connectivity index (χ3n) is 3.54. The summed E-state index contributed by atoms with van der Waals surface area (Å²) in [4.78, 5) is 14.2. The van der Waals surface area contributed by atoms with E-state index in [4.69, 9.17) is 10.5 Å². The number of carbonyl (C=O) groups excluding carboxylic acids is 1. The predicted molar refractivity (Wildman–Crippen MR) is 61.0 cm³/mol. The van der Waals surface area contributed by atoms with Crippen LogP contribution in [0.1, 0.15) is 12.8 Å². The molecule has 2 aliphatic rings. The fraction of sp³-hybridized carbons (Fsp3) is 0.909. The maximum atomic E-state index is 11.9. The molecule has 2 aliphatic heterocycles. The first-order valence-corrected chi connectivity index (χ1v) is 5.94. The molecule has 0 spiro atoms. The lowest BCUT2D eigenvalue weighted by molar-refractivity contribution is -0.126. The van der Waals surface area contributed by atoms with Gasteiger partial charge in [0, 0.05) is 19.7 Å². The molecule has 2 atom stereocenters. The molecule has 2 saturated heterocycles. The zero-order chi connectivity index (χ0) is 11.6. The van der Waals surface area contributed by atoms with Crippen LogP contribution in [-0.2, 0) is 9.53 Å². The minimum atomic E-state index is -0.787. The van der Waals surface area contributed by atoms with Crippen LogP contribution < -0.4 is 11.1 Å². The maximum absolute atomic E-state index is 11.9. The van der Waals surface area contributed by atoms with Gasteiger partial charge in [-0.3, -0.25) is 4.79 Å². The summed E-state index contributed by atoms with van der Waals surface area (Å²) in [7, 11) is 2.11. The van der Waals surface area contributed by atoms with E-state index in [1.54, 1.807) is 0 Å². The molecule has 5 heteroatoms. The Morgan fingerprint density at radius 1 is 1.69 bits per heavy atom. The van der Waals surface area contributed by atoms with Crippen LogP contribution in [0, 0.1) is 5.92 Å². The molecule has 5 nitrogen and oxygen atoms in total. The summed E-state index contributed by atoms with van der Waals surface area (Å²) >= 11 is 0. The molecule has 92 valence electrons. The van der Waals surface area contributed by atoms with Gasteiger partial charge >= 0.3 is 0 Å². The summed E-state index contributed by atoms with van der Waals surface area (Å²) in [5.74, 6) is 0.513. The second kappa shape index (κ2) is 4.69. The number of nitrogens with zero attached hydrogens (tertiary/aromatic N) is 1. The van der Waals surface area contributed by atoms with Gasteiger partial charge in [0.05, 0.1) is 6.61 Å². The zero-order valence-corrected chi connectivity index (χ0v) is 9.87. The molecule has 0 bridgehead atoms. The van der Waals surface area contributed by atoms with E-state index >= 15 is 0 Å². The highest BCUT2D eigenvalue weighted by molar-refractivity contribution is 5.86. The number of hydrogen-bond acceptors (Lipinski definition) is 4. The van der Waals surface area contributed by atoms with Crippen LogP contribution in [0.4, 0.5) is 0 Å². The average Bonchev–Trinajstić information content (AvgIpc) is 2.85. The van der Waals surface area contributed by atoms with Crippen molar-refractivity contribution < 1.29 is 9.53 Å². The number of amides is 1. The highest BCUT2D eigenvalue weighted by Crippen LogP contribution is 2.17. The van der Waals surface area contributed by atoms with E-state index in [0.717, 1.165) is 26.1 Å². The Kier molecular flexibility index (Phi) is 3.47. The van der Waals surface area contributed by atoms with Crippen molar-refractivity contribution in [2.45, 2.75) is 18.4 Å². The number of nitrogens with two attached hydrogens (primary N) is 1. The molecule has 0 saturated carbocycles. The maximum Gasteiger partial charge on any atom is 0.242 e. The number of ether oxygens (including phenoxy) is 1. The summed E-state index contributed by atoms with van der Waals surface area (Å²) in [6, 6.07) is 0. The van der Waals surface area contributed by atoms with Gasteiger partial charge in [-0.1, -0.05) is 0 Å². The van der Waals surface area contributed by atoms with Gasteiger partial charge in [0.1, 0.15) is 5.54 Å². The number of hydrogen-bond donors (Lipinski definition) is 2. The van der Waals surface area contributed by atoms with Crippen LogP contribution in [0.15, 0.2) is 0 Å². The Bertz CT molecular complexity index is 264.